The number of benzene rings is 2. The fraction of sp³-hybridized carbons (Fsp3) is 0.395. The average molecular weight is 756 g/mol. The van der Waals surface area contributed by atoms with Crippen molar-refractivity contribution in [3.63, 3.8) is 0 Å². The monoisotopic (exact) mass is 755 g/mol. The molecule has 0 spiro atoms. The molecule has 7 heterocycles. The van der Waals surface area contributed by atoms with E-state index < -0.39 is 29.7 Å². The summed E-state index contributed by atoms with van der Waals surface area (Å²) in [4.78, 5) is 64.9. The van der Waals surface area contributed by atoms with Gasteiger partial charge in [0, 0.05) is 79.1 Å². The second-order valence-electron chi connectivity index (χ2n) is 15.4. The third-order valence-electron chi connectivity index (χ3n) is 11.9. The van der Waals surface area contributed by atoms with E-state index in [1.165, 1.54) is 29.3 Å². The van der Waals surface area contributed by atoms with Crippen LogP contribution in [0.5, 0.6) is 11.6 Å². The van der Waals surface area contributed by atoms with Crippen molar-refractivity contribution in [2.24, 2.45) is 7.05 Å². The second kappa shape index (κ2) is 15.1. The zero-order valence-electron chi connectivity index (χ0n) is 31.5. The van der Waals surface area contributed by atoms with Crippen LogP contribution in [0, 0.1) is 0 Å². The molecule has 288 valence electrons. The van der Waals surface area contributed by atoms with Crippen molar-refractivity contribution in [1.82, 2.24) is 34.6 Å². The van der Waals surface area contributed by atoms with Gasteiger partial charge in [-0.15, -0.1) is 0 Å². The summed E-state index contributed by atoms with van der Waals surface area (Å²) < 4.78 is 14.4. The molecule has 4 aliphatic rings. The van der Waals surface area contributed by atoms with E-state index in [1.807, 2.05) is 24.7 Å². The van der Waals surface area contributed by atoms with Gasteiger partial charge in [0.15, 0.2) is 0 Å². The van der Waals surface area contributed by atoms with Gasteiger partial charge in [-0.2, -0.15) is 0 Å². The Balaban J connectivity index is 0.664. The molecular weight excluding hydrogens is 711 g/mol. The van der Waals surface area contributed by atoms with Gasteiger partial charge in [0.25, 0.3) is 11.8 Å². The average Bonchev–Trinajstić information content (AvgIpc) is 3.62. The number of piperidine rings is 2. The number of aryl methyl sites for hydroxylation is 1. The standard InChI is InChI=1S/C43H45N7O6/c1-47-36-13-16-44-24-35(36)32-8-5-27(21-38(32)47)28-6-12-40(45-23-28)56-31-25-49(26-31)29-14-18-48(19-15-29)17-3-2-4-20-55-30-7-9-33-34(22-30)43(54)50(42(33)53)37-10-11-39(51)46-41(37)52/h5-9,12-13,16,21-24,29,31,37H,2-4,10-11,14-15,17-20,25-26H2,1H3,(H,46,51,52). The molecule has 4 aliphatic heterocycles. The molecule has 1 atom stereocenters. The lowest BCUT2D eigenvalue weighted by molar-refractivity contribution is -0.136. The van der Waals surface area contributed by atoms with Crippen LogP contribution in [-0.2, 0) is 16.6 Å². The summed E-state index contributed by atoms with van der Waals surface area (Å²) in [5.41, 5.74) is 5.02. The number of likely N-dealkylation sites (tertiary alicyclic amines) is 2. The number of hydrogen-bond acceptors (Lipinski definition) is 10. The highest BCUT2D eigenvalue weighted by Crippen LogP contribution is 2.33. The van der Waals surface area contributed by atoms with E-state index in [1.54, 1.807) is 18.2 Å². The maximum Gasteiger partial charge on any atom is 0.262 e. The molecule has 3 aromatic heterocycles. The predicted octanol–water partition coefficient (Wildman–Crippen LogP) is 4.97. The van der Waals surface area contributed by atoms with Gasteiger partial charge in [0.2, 0.25) is 17.7 Å². The number of fused-ring (bicyclic) bond motifs is 4. The third kappa shape index (κ3) is 6.90. The van der Waals surface area contributed by atoms with Crippen molar-refractivity contribution in [3.8, 4) is 22.8 Å². The fourth-order valence-corrected chi connectivity index (χ4v) is 8.72. The van der Waals surface area contributed by atoms with E-state index >= 15 is 0 Å². The van der Waals surface area contributed by atoms with Crippen LogP contribution in [0.4, 0.5) is 0 Å². The molecule has 0 radical (unpaired) electrons. The molecule has 0 aliphatic carbocycles. The number of aromatic nitrogens is 3. The first-order valence-corrected chi connectivity index (χ1v) is 19.7. The number of amides is 4. The van der Waals surface area contributed by atoms with Crippen LogP contribution in [0.25, 0.3) is 32.9 Å². The van der Waals surface area contributed by atoms with Gasteiger partial charge >= 0.3 is 0 Å². The number of ether oxygens (including phenoxy) is 2. The lowest BCUT2D eigenvalue weighted by Crippen LogP contribution is -2.59. The normalized spacial score (nSPS) is 19.8. The Morgan fingerprint density at radius 3 is 2.43 bits per heavy atom. The van der Waals surface area contributed by atoms with Crippen LogP contribution in [0.1, 0.15) is 65.7 Å². The van der Waals surface area contributed by atoms with Gasteiger partial charge in [-0.25, -0.2) is 4.98 Å². The van der Waals surface area contributed by atoms with E-state index in [0.29, 0.717) is 24.3 Å². The van der Waals surface area contributed by atoms with Crippen LogP contribution >= 0.6 is 0 Å². The first-order valence-electron chi connectivity index (χ1n) is 19.7. The number of carbonyl (C=O) groups excluding carboxylic acids is 4. The quantitative estimate of drug-likeness (QED) is 0.137. The maximum atomic E-state index is 13.1. The number of carbonyl (C=O) groups is 4. The van der Waals surface area contributed by atoms with Crippen LogP contribution < -0.4 is 14.8 Å². The summed E-state index contributed by atoms with van der Waals surface area (Å²) in [5, 5.41) is 4.58. The second-order valence-corrected chi connectivity index (χ2v) is 15.4. The molecule has 56 heavy (non-hydrogen) atoms. The Labute approximate surface area is 324 Å². The summed E-state index contributed by atoms with van der Waals surface area (Å²) in [6.07, 6.45) is 11.4. The molecule has 3 fully saturated rings. The molecule has 0 saturated carbocycles. The number of rotatable bonds is 12. The summed E-state index contributed by atoms with van der Waals surface area (Å²) in [6.45, 7) is 5.66. The Bertz CT molecular complexity index is 2330. The summed E-state index contributed by atoms with van der Waals surface area (Å²) in [5.74, 6) is -0.857. The summed E-state index contributed by atoms with van der Waals surface area (Å²) in [7, 11) is 2.09. The van der Waals surface area contributed by atoms with Crippen LogP contribution in [0.2, 0.25) is 0 Å². The molecule has 0 bridgehead atoms. The number of pyridine rings is 2. The van der Waals surface area contributed by atoms with Crippen molar-refractivity contribution >= 4 is 45.4 Å². The van der Waals surface area contributed by atoms with Crippen molar-refractivity contribution < 1.29 is 28.7 Å². The predicted molar refractivity (Wildman–Crippen MR) is 209 cm³/mol. The lowest BCUT2D eigenvalue weighted by atomic mass is 9.98. The molecule has 1 N–H and O–H groups in total. The molecule has 4 amide bonds. The summed E-state index contributed by atoms with van der Waals surface area (Å²) >= 11 is 0. The molecule has 1 unspecified atom stereocenters. The van der Waals surface area contributed by atoms with Crippen molar-refractivity contribution in [3.05, 3.63) is 84.3 Å². The fourth-order valence-electron chi connectivity index (χ4n) is 8.72. The molecule has 2 aromatic carbocycles. The van der Waals surface area contributed by atoms with Gasteiger partial charge in [0.1, 0.15) is 17.9 Å². The molecular formula is C43H45N7O6. The van der Waals surface area contributed by atoms with Gasteiger partial charge in [-0.05, 0) is 100 Å². The minimum absolute atomic E-state index is 0.0901. The third-order valence-corrected chi connectivity index (χ3v) is 11.9. The zero-order valence-corrected chi connectivity index (χ0v) is 31.5. The highest BCUT2D eigenvalue weighted by molar-refractivity contribution is 6.23. The van der Waals surface area contributed by atoms with Gasteiger partial charge in [0.05, 0.1) is 23.3 Å². The minimum Gasteiger partial charge on any atom is -0.494 e. The molecule has 9 rings (SSSR count). The van der Waals surface area contributed by atoms with Gasteiger partial charge in [-0.1, -0.05) is 12.1 Å². The number of hydrogen-bond donors (Lipinski definition) is 1. The Hall–Kier alpha value is -5.66. The van der Waals surface area contributed by atoms with E-state index in [0.717, 1.165) is 73.4 Å². The van der Waals surface area contributed by atoms with E-state index in [4.69, 9.17) is 9.47 Å². The van der Waals surface area contributed by atoms with Crippen molar-refractivity contribution in [2.45, 2.75) is 63.1 Å². The number of nitrogens with zero attached hydrogens (tertiary/aromatic N) is 6. The largest absolute Gasteiger partial charge is 0.494 e. The molecule has 5 aromatic rings. The molecule has 13 nitrogen and oxygen atoms in total. The first kappa shape index (κ1) is 36.0. The van der Waals surface area contributed by atoms with Crippen LogP contribution in [0.3, 0.4) is 0 Å². The Kier molecular flexibility index (Phi) is 9.72. The molecule has 3 saturated heterocycles. The SMILES string of the molecule is Cn1c2ccncc2c2ccc(-c3ccc(OC4CN(C5CCN(CCCCCOc6ccc7c(c6)C(=O)N(C6CCC(=O)NC6=O)C7=O)CC5)C4)nc3)cc21. The van der Waals surface area contributed by atoms with E-state index in [9.17, 15) is 19.2 Å². The van der Waals surface area contributed by atoms with Gasteiger partial charge in [-0.3, -0.25) is 39.3 Å². The van der Waals surface area contributed by atoms with Gasteiger partial charge < -0.3 is 18.9 Å². The topological polar surface area (TPSA) is 139 Å². The minimum atomic E-state index is -0.977. The smallest absolute Gasteiger partial charge is 0.262 e. The number of unbranched alkanes of at least 4 members (excludes halogenated alkanes) is 2. The van der Waals surface area contributed by atoms with E-state index in [-0.39, 0.29) is 30.1 Å². The first-order chi connectivity index (χ1) is 27.3. The van der Waals surface area contributed by atoms with Crippen molar-refractivity contribution in [2.75, 3.05) is 39.3 Å². The Morgan fingerprint density at radius 1 is 0.804 bits per heavy atom. The molecule has 13 heteroatoms. The lowest BCUT2D eigenvalue weighted by Gasteiger charge is -2.46. The highest BCUT2D eigenvalue weighted by atomic mass is 16.5. The van der Waals surface area contributed by atoms with Crippen LogP contribution in [0.15, 0.2) is 73.2 Å². The zero-order chi connectivity index (χ0) is 38.3. The number of imide groups is 2. The Morgan fingerprint density at radius 2 is 1.62 bits per heavy atom. The maximum absolute atomic E-state index is 13.1. The highest BCUT2D eigenvalue weighted by Gasteiger charge is 2.44. The van der Waals surface area contributed by atoms with Crippen LogP contribution in [-0.4, -0.2) is 110 Å². The van der Waals surface area contributed by atoms with Crippen molar-refractivity contribution in [1.29, 1.82) is 0 Å². The van der Waals surface area contributed by atoms with E-state index in [2.05, 4.69) is 67.0 Å². The summed E-state index contributed by atoms with van der Waals surface area (Å²) in [6, 6.07) is 17.1. The number of nitrogens with one attached hydrogen (secondary N) is 1.